The molecule has 0 aliphatic carbocycles. The number of benzene rings is 2. The molecular weight excluding hydrogens is 382 g/mol. The Morgan fingerprint density at radius 3 is 2.17 bits per heavy atom. The van der Waals surface area contributed by atoms with Gasteiger partial charge in [-0.2, -0.15) is 0 Å². The number of nitrogens with one attached hydrogen (secondary N) is 2. The molecule has 0 amide bonds. The summed E-state index contributed by atoms with van der Waals surface area (Å²) in [6.45, 7) is 2.71. The van der Waals surface area contributed by atoms with Crippen LogP contribution in [0.4, 0.5) is 0 Å². The van der Waals surface area contributed by atoms with Crippen LogP contribution >= 0.6 is 0 Å². The third kappa shape index (κ3) is 3.39. The van der Waals surface area contributed by atoms with E-state index in [1.807, 2.05) is 48.5 Å². The molecule has 4 aromatic rings. The number of nitrogens with zero attached hydrogens (tertiary/aromatic N) is 1. The first kappa shape index (κ1) is 19.6. The van der Waals surface area contributed by atoms with Crippen LogP contribution in [-0.2, 0) is 7.05 Å². The average molecular weight is 405 g/mol. The fourth-order valence-electron chi connectivity index (χ4n) is 3.51. The van der Waals surface area contributed by atoms with Gasteiger partial charge in [0, 0.05) is 12.6 Å². The van der Waals surface area contributed by atoms with Gasteiger partial charge in [-0.05, 0) is 53.9 Å². The van der Waals surface area contributed by atoms with Crippen LogP contribution in [0.3, 0.4) is 0 Å². The minimum absolute atomic E-state index is 0.427. The molecule has 0 spiro atoms. The minimum atomic E-state index is -0.468. The van der Waals surface area contributed by atoms with Crippen LogP contribution in [0.5, 0.6) is 11.5 Å². The van der Waals surface area contributed by atoms with E-state index in [0.717, 1.165) is 40.3 Å². The lowest BCUT2D eigenvalue weighted by Crippen LogP contribution is -2.28. The molecule has 2 N–H and O–H groups in total. The lowest BCUT2D eigenvalue weighted by atomic mass is 9.99. The Balaban J connectivity index is 1.96. The van der Waals surface area contributed by atoms with Gasteiger partial charge in [0.2, 0.25) is 0 Å². The standard InChI is InChI=1S/C23H23N3O4/c1-4-13-30-17-11-7-15(8-12-17)20-18(14-5-9-16(29-3)10-6-14)19-21(24-20)26(2)23(28)25-22(19)27/h5-12,24H,4,13H2,1-3H3,(H,25,27,28). The van der Waals surface area contributed by atoms with Gasteiger partial charge in [-0.3, -0.25) is 14.3 Å². The number of aromatic amines is 2. The highest BCUT2D eigenvalue weighted by atomic mass is 16.5. The second-order valence-electron chi connectivity index (χ2n) is 7.02. The summed E-state index contributed by atoms with van der Waals surface area (Å²) in [5.74, 6) is 1.51. The van der Waals surface area contributed by atoms with Gasteiger partial charge >= 0.3 is 5.69 Å². The molecule has 0 saturated carbocycles. The zero-order valence-corrected chi connectivity index (χ0v) is 17.1. The fourth-order valence-corrected chi connectivity index (χ4v) is 3.51. The second kappa shape index (κ2) is 7.94. The average Bonchev–Trinajstić information content (AvgIpc) is 3.18. The molecule has 0 aliphatic rings. The molecule has 2 aromatic carbocycles. The number of ether oxygens (including phenoxy) is 2. The molecule has 0 fully saturated rings. The van der Waals surface area contributed by atoms with E-state index in [-0.39, 0.29) is 0 Å². The van der Waals surface area contributed by atoms with Crippen molar-refractivity contribution in [2.45, 2.75) is 13.3 Å². The highest BCUT2D eigenvalue weighted by Gasteiger charge is 2.20. The zero-order chi connectivity index (χ0) is 21.3. The van der Waals surface area contributed by atoms with E-state index < -0.39 is 11.2 Å². The number of hydrogen-bond donors (Lipinski definition) is 2. The number of hydrogen-bond acceptors (Lipinski definition) is 4. The van der Waals surface area contributed by atoms with Gasteiger partial charge in [0.25, 0.3) is 5.56 Å². The van der Waals surface area contributed by atoms with Crippen molar-refractivity contribution in [3.05, 3.63) is 69.4 Å². The Morgan fingerprint density at radius 2 is 1.53 bits per heavy atom. The van der Waals surface area contributed by atoms with Gasteiger partial charge in [-0.25, -0.2) is 4.79 Å². The van der Waals surface area contributed by atoms with E-state index in [9.17, 15) is 9.59 Å². The summed E-state index contributed by atoms with van der Waals surface area (Å²) >= 11 is 0. The molecule has 7 heteroatoms. The molecule has 0 bridgehead atoms. The van der Waals surface area contributed by atoms with Crippen molar-refractivity contribution in [2.75, 3.05) is 13.7 Å². The Kier molecular flexibility index (Phi) is 5.18. The van der Waals surface area contributed by atoms with Crippen LogP contribution in [-0.4, -0.2) is 28.3 Å². The number of aryl methyl sites for hydroxylation is 1. The Labute approximate surface area is 172 Å². The van der Waals surface area contributed by atoms with E-state index >= 15 is 0 Å². The molecule has 0 unspecified atom stereocenters. The first-order chi connectivity index (χ1) is 14.5. The predicted molar refractivity (Wildman–Crippen MR) is 117 cm³/mol. The largest absolute Gasteiger partial charge is 0.497 e. The summed E-state index contributed by atoms with van der Waals surface area (Å²) in [6.07, 6.45) is 0.933. The summed E-state index contributed by atoms with van der Waals surface area (Å²) in [5.41, 5.74) is 2.78. The van der Waals surface area contributed by atoms with Crippen molar-refractivity contribution in [1.82, 2.24) is 14.5 Å². The third-order valence-corrected chi connectivity index (χ3v) is 5.06. The predicted octanol–water partition coefficient (Wildman–Crippen LogP) is 3.69. The highest BCUT2D eigenvalue weighted by Crippen LogP contribution is 2.37. The van der Waals surface area contributed by atoms with Crippen LogP contribution in [0.15, 0.2) is 58.1 Å². The first-order valence-corrected chi connectivity index (χ1v) is 9.76. The van der Waals surface area contributed by atoms with Gasteiger partial charge in [-0.1, -0.05) is 19.1 Å². The Hall–Kier alpha value is -3.74. The molecule has 0 radical (unpaired) electrons. The maximum absolute atomic E-state index is 12.8. The summed E-state index contributed by atoms with van der Waals surface area (Å²) in [6, 6.07) is 15.2. The van der Waals surface area contributed by atoms with Crippen molar-refractivity contribution in [2.24, 2.45) is 7.05 Å². The van der Waals surface area contributed by atoms with E-state index in [2.05, 4.69) is 16.9 Å². The van der Waals surface area contributed by atoms with Crippen molar-refractivity contribution in [1.29, 1.82) is 0 Å². The topological polar surface area (TPSA) is 89.1 Å². The molecule has 0 aliphatic heterocycles. The molecule has 4 rings (SSSR count). The monoisotopic (exact) mass is 405 g/mol. The molecule has 154 valence electrons. The number of fused-ring (bicyclic) bond motifs is 1. The van der Waals surface area contributed by atoms with E-state index in [0.29, 0.717) is 17.6 Å². The maximum Gasteiger partial charge on any atom is 0.329 e. The highest BCUT2D eigenvalue weighted by molar-refractivity contribution is 6.02. The lowest BCUT2D eigenvalue weighted by Gasteiger charge is -2.08. The van der Waals surface area contributed by atoms with Crippen molar-refractivity contribution < 1.29 is 9.47 Å². The van der Waals surface area contributed by atoms with Crippen LogP contribution in [0.2, 0.25) is 0 Å². The quantitative estimate of drug-likeness (QED) is 0.512. The van der Waals surface area contributed by atoms with Crippen LogP contribution in [0, 0.1) is 0 Å². The Morgan fingerprint density at radius 1 is 0.900 bits per heavy atom. The minimum Gasteiger partial charge on any atom is -0.497 e. The number of methoxy groups -OCH3 is 1. The SMILES string of the molecule is CCCOc1ccc(-c2[nH]c3c(c2-c2ccc(OC)cc2)c(=O)[nH]c(=O)n3C)cc1. The smallest absolute Gasteiger partial charge is 0.329 e. The maximum atomic E-state index is 12.8. The normalized spacial score (nSPS) is 11.0. The van der Waals surface area contributed by atoms with Gasteiger partial charge in [0.1, 0.15) is 17.1 Å². The molecule has 30 heavy (non-hydrogen) atoms. The number of H-pyrrole nitrogens is 2. The van der Waals surface area contributed by atoms with Gasteiger partial charge in [-0.15, -0.1) is 0 Å². The fraction of sp³-hybridized carbons (Fsp3) is 0.217. The van der Waals surface area contributed by atoms with E-state index in [4.69, 9.17) is 9.47 Å². The number of aromatic nitrogens is 3. The van der Waals surface area contributed by atoms with Crippen molar-refractivity contribution in [3.8, 4) is 33.9 Å². The zero-order valence-electron chi connectivity index (χ0n) is 17.1. The van der Waals surface area contributed by atoms with E-state index in [1.165, 1.54) is 4.57 Å². The third-order valence-electron chi connectivity index (χ3n) is 5.06. The summed E-state index contributed by atoms with van der Waals surface area (Å²) in [4.78, 5) is 30.6. The molecule has 7 nitrogen and oxygen atoms in total. The van der Waals surface area contributed by atoms with Crippen LogP contribution in [0.25, 0.3) is 33.4 Å². The van der Waals surface area contributed by atoms with Crippen molar-refractivity contribution in [3.63, 3.8) is 0 Å². The Bertz CT molecular complexity index is 1300. The summed E-state index contributed by atoms with van der Waals surface area (Å²) in [5, 5.41) is 0.434. The van der Waals surface area contributed by atoms with E-state index in [1.54, 1.807) is 14.2 Å². The van der Waals surface area contributed by atoms with Crippen molar-refractivity contribution >= 4 is 11.0 Å². The summed E-state index contributed by atoms with van der Waals surface area (Å²) in [7, 11) is 3.23. The molecular formula is C23H23N3O4. The molecule has 0 saturated heterocycles. The van der Waals surface area contributed by atoms with Crippen LogP contribution < -0.4 is 20.7 Å². The van der Waals surface area contributed by atoms with Gasteiger partial charge in [0.05, 0.1) is 24.8 Å². The van der Waals surface area contributed by atoms with Crippen LogP contribution in [0.1, 0.15) is 13.3 Å². The molecule has 2 heterocycles. The van der Waals surface area contributed by atoms with Gasteiger partial charge in [0.15, 0.2) is 0 Å². The first-order valence-electron chi connectivity index (χ1n) is 9.76. The molecule has 2 aromatic heterocycles. The number of rotatable bonds is 6. The van der Waals surface area contributed by atoms with Gasteiger partial charge < -0.3 is 14.5 Å². The second-order valence-corrected chi connectivity index (χ2v) is 7.02. The molecule has 0 atom stereocenters. The summed E-state index contributed by atoms with van der Waals surface area (Å²) < 4.78 is 12.3. The lowest BCUT2D eigenvalue weighted by molar-refractivity contribution is 0.317.